The Hall–Kier alpha value is -2.68. The molecule has 8 heteroatoms. The van der Waals surface area contributed by atoms with Gasteiger partial charge < -0.3 is 24.4 Å². The minimum absolute atomic E-state index is 0.0281. The van der Waals surface area contributed by atoms with Crippen molar-refractivity contribution >= 4 is 11.6 Å². The molecule has 2 heterocycles. The first-order valence-electron chi connectivity index (χ1n) is 13.8. The van der Waals surface area contributed by atoms with E-state index in [0.717, 1.165) is 38.0 Å². The summed E-state index contributed by atoms with van der Waals surface area (Å²) in [5.74, 6) is 0.513. The molecular weight excluding hydrogens is 480 g/mol. The van der Waals surface area contributed by atoms with Crippen molar-refractivity contribution < 1.29 is 19.4 Å². The molecule has 0 spiro atoms. The van der Waals surface area contributed by atoms with Gasteiger partial charge >= 0.3 is 0 Å². The van der Waals surface area contributed by atoms with Crippen LogP contribution >= 0.6 is 0 Å². The normalized spacial score (nSPS) is 22.4. The maximum absolute atomic E-state index is 14.1. The first-order chi connectivity index (χ1) is 18.2. The molecule has 0 aliphatic carbocycles. The zero-order valence-corrected chi connectivity index (χ0v) is 24.0. The van der Waals surface area contributed by atoms with Crippen molar-refractivity contribution in [1.82, 2.24) is 14.8 Å². The molecule has 3 rings (SSSR count). The van der Waals surface area contributed by atoms with Gasteiger partial charge in [0.15, 0.2) is 0 Å². The molecule has 1 amide bonds. The number of aliphatic hydroxyl groups is 1. The Balaban J connectivity index is 1.90. The second-order valence-electron chi connectivity index (χ2n) is 10.9. The number of rotatable bonds is 7. The van der Waals surface area contributed by atoms with Crippen molar-refractivity contribution in [2.24, 2.45) is 5.92 Å². The van der Waals surface area contributed by atoms with Crippen LogP contribution in [-0.4, -0.2) is 91.5 Å². The molecule has 38 heavy (non-hydrogen) atoms. The second-order valence-corrected chi connectivity index (χ2v) is 10.9. The van der Waals surface area contributed by atoms with E-state index in [1.165, 1.54) is 5.56 Å². The summed E-state index contributed by atoms with van der Waals surface area (Å²) in [6, 6.07) is 9.49. The van der Waals surface area contributed by atoms with Crippen molar-refractivity contribution in [2.45, 2.75) is 64.8 Å². The van der Waals surface area contributed by atoms with E-state index < -0.39 is 0 Å². The number of carbonyl (C=O) groups is 1. The van der Waals surface area contributed by atoms with Gasteiger partial charge in [-0.15, -0.1) is 0 Å². The number of aliphatic hydroxyl groups excluding tert-OH is 1. The lowest BCUT2D eigenvalue weighted by Gasteiger charge is -2.36. The molecule has 1 aromatic carbocycles. The van der Waals surface area contributed by atoms with Gasteiger partial charge in [-0.3, -0.25) is 14.7 Å². The Kier molecular flexibility index (Phi) is 11.4. The van der Waals surface area contributed by atoms with E-state index in [2.05, 4.69) is 23.9 Å². The zero-order valence-electron chi connectivity index (χ0n) is 24.0. The number of pyridine rings is 1. The lowest BCUT2D eigenvalue weighted by Crippen LogP contribution is -2.47. The monoisotopic (exact) mass is 526 g/mol. The molecular formula is C30H46N4O4. The summed E-state index contributed by atoms with van der Waals surface area (Å²) in [4.78, 5) is 24.2. The molecule has 210 valence electrons. The standard InChI is InChI=1S/C30H46N4O4/c1-22-18-34(23(2)21-35)30(36)27-17-26(32(4)5)10-11-28(27)38-24(3)9-7-8-16-37-29(22)20-33(6)19-25-12-14-31-15-13-25/h10-15,17,22-24,29,35H,7-9,16,18-21H2,1-6H3/t22-,23-,24+,29+/m1/s1. The fourth-order valence-electron chi connectivity index (χ4n) is 4.82. The highest BCUT2D eigenvalue weighted by molar-refractivity contribution is 5.98. The van der Waals surface area contributed by atoms with Crippen LogP contribution in [0.1, 0.15) is 56.0 Å². The fraction of sp³-hybridized carbons (Fsp3) is 0.600. The number of nitrogens with zero attached hydrogens (tertiary/aromatic N) is 4. The molecule has 1 aliphatic rings. The molecule has 1 aliphatic heterocycles. The van der Waals surface area contributed by atoms with E-state index in [4.69, 9.17) is 9.47 Å². The highest BCUT2D eigenvalue weighted by Crippen LogP contribution is 2.29. The summed E-state index contributed by atoms with van der Waals surface area (Å²) in [6.45, 7) is 8.61. The van der Waals surface area contributed by atoms with Gasteiger partial charge in [0.25, 0.3) is 5.91 Å². The van der Waals surface area contributed by atoms with Crippen LogP contribution in [0.3, 0.4) is 0 Å². The topological polar surface area (TPSA) is 78.4 Å². The number of hydrogen-bond donors (Lipinski definition) is 1. The summed E-state index contributed by atoms with van der Waals surface area (Å²) in [5, 5.41) is 10.1. The Labute approximate surface area is 228 Å². The van der Waals surface area contributed by atoms with Crippen molar-refractivity contribution in [3.05, 3.63) is 53.9 Å². The Morgan fingerprint density at radius 3 is 2.55 bits per heavy atom. The molecule has 0 fully saturated rings. The lowest BCUT2D eigenvalue weighted by molar-refractivity contribution is -0.0177. The van der Waals surface area contributed by atoms with Crippen LogP contribution in [0.5, 0.6) is 5.75 Å². The van der Waals surface area contributed by atoms with Gasteiger partial charge in [-0.05, 0) is 76.1 Å². The summed E-state index contributed by atoms with van der Waals surface area (Å²) in [5.41, 5.74) is 2.65. The Morgan fingerprint density at radius 1 is 1.13 bits per heavy atom. The minimum Gasteiger partial charge on any atom is -0.490 e. The number of likely N-dealkylation sites (N-methyl/N-ethyl adjacent to an activating group) is 1. The van der Waals surface area contributed by atoms with Gasteiger partial charge in [0.1, 0.15) is 5.75 Å². The third kappa shape index (κ3) is 8.41. The molecule has 1 N–H and O–H groups in total. The van der Waals surface area contributed by atoms with E-state index >= 15 is 0 Å². The quantitative estimate of drug-likeness (QED) is 0.583. The predicted molar refractivity (Wildman–Crippen MR) is 152 cm³/mol. The predicted octanol–water partition coefficient (Wildman–Crippen LogP) is 4.08. The molecule has 0 unspecified atom stereocenters. The van der Waals surface area contributed by atoms with Crippen molar-refractivity contribution in [1.29, 1.82) is 0 Å². The maximum Gasteiger partial charge on any atom is 0.258 e. The average Bonchev–Trinajstić information content (AvgIpc) is 2.90. The van der Waals surface area contributed by atoms with Crippen LogP contribution in [0.15, 0.2) is 42.7 Å². The van der Waals surface area contributed by atoms with E-state index in [0.29, 0.717) is 24.5 Å². The second kappa shape index (κ2) is 14.5. The highest BCUT2D eigenvalue weighted by atomic mass is 16.5. The van der Waals surface area contributed by atoms with Crippen LogP contribution < -0.4 is 9.64 Å². The number of hydrogen-bond acceptors (Lipinski definition) is 7. The van der Waals surface area contributed by atoms with Crippen molar-refractivity contribution in [3.8, 4) is 5.75 Å². The van der Waals surface area contributed by atoms with Gasteiger partial charge in [0.2, 0.25) is 0 Å². The van der Waals surface area contributed by atoms with Crippen LogP contribution in [0.4, 0.5) is 5.69 Å². The first kappa shape index (κ1) is 29.9. The van der Waals surface area contributed by atoms with Gasteiger partial charge in [-0.1, -0.05) is 6.92 Å². The summed E-state index contributed by atoms with van der Waals surface area (Å²) < 4.78 is 12.7. The molecule has 0 radical (unpaired) electrons. The zero-order chi connectivity index (χ0) is 27.7. The summed E-state index contributed by atoms with van der Waals surface area (Å²) >= 11 is 0. The first-order valence-corrected chi connectivity index (χ1v) is 13.8. The van der Waals surface area contributed by atoms with Crippen LogP contribution in [-0.2, 0) is 11.3 Å². The van der Waals surface area contributed by atoms with Gasteiger partial charge in [0.05, 0.1) is 30.4 Å². The number of amides is 1. The van der Waals surface area contributed by atoms with Crippen molar-refractivity contribution in [3.63, 3.8) is 0 Å². The molecule has 0 saturated carbocycles. The summed E-state index contributed by atoms with van der Waals surface area (Å²) in [7, 11) is 6.01. The van der Waals surface area contributed by atoms with E-state index in [-0.39, 0.29) is 36.7 Å². The number of carbonyl (C=O) groups excluding carboxylic acids is 1. The average molecular weight is 527 g/mol. The van der Waals surface area contributed by atoms with E-state index in [1.54, 1.807) is 4.90 Å². The Bertz CT molecular complexity index is 1000. The molecule has 0 bridgehead atoms. The minimum atomic E-state index is -0.346. The van der Waals surface area contributed by atoms with Crippen LogP contribution in [0.2, 0.25) is 0 Å². The van der Waals surface area contributed by atoms with Gasteiger partial charge in [-0.2, -0.15) is 0 Å². The smallest absolute Gasteiger partial charge is 0.258 e. The number of aromatic nitrogens is 1. The SMILES string of the molecule is C[C@@H]1CN([C@H](C)CO)C(=O)c2cc(N(C)C)ccc2O[C@@H](C)CCCCO[C@H]1CN(C)Cc1ccncc1. The largest absolute Gasteiger partial charge is 0.490 e. The van der Waals surface area contributed by atoms with Gasteiger partial charge in [-0.25, -0.2) is 0 Å². The lowest BCUT2D eigenvalue weighted by atomic mass is 10.0. The third-order valence-corrected chi connectivity index (χ3v) is 7.24. The molecule has 1 aromatic heterocycles. The van der Waals surface area contributed by atoms with E-state index in [9.17, 15) is 9.90 Å². The number of fused-ring (bicyclic) bond motifs is 1. The molecule has 8 nitrogen and oxygen atoms in total. The van der Waals surface area contributed by atoms with Crippen molar-refractivity contribution in [2.75, 3.05) is 52.3 Å². The van der Waals surface area contributed by atoms with Crippen LogP contribution in [0.25, 0.3) is 0 Å². The Morgan fingerprint density at radius 2 is 1.87 bits per heavy atom. The molecule has 2 aromatic rings. The van der Waals surface area contributed by atoms with Gasteiger partial charge in [0, 0.05) is 64.3 Å². The highest BCUT2D eigenvalue weighted by Gasteiger charge is 2.30. The summed E-state index contributed by atoms with van der Waals surface area (Å²) in [6.07, 6.45) is 6.36. The third-order valence-electron chi connectivity index (χ3n) is 7.24. The molecule has 0 saturated heterocycles. The number of benzene rings is 1. The van der Waals surface area contributed by atoms with Crippen LogP contribution in [0, 0.1) is 5.92 Å². The van der Waals surface area contributed by atoms with E-state index in [1.807, 2.05) is 75.6 Å². The molecule has 4 atom stereocenters. The maximum atomic E-state index is 14.1. The number of ether oxygens (including phenoxy) is 2. The number of anilines is 1. The fourth-order valence-corrected chi connectivity index (χ4v) is 4.82.